The molecule has 0 unspecified atom stereocenters. The van der Waals surface area contributed by atoms with Crippen LogP contribution >= 0.6 is 0 Å². The van der Waals surface area contributed by atoms with E-state index >= 15 is 0 Å². The second-order valence-corrected chi connectivity index (χ2v) is 6.24. The second kappa shape index (κ2) is 5.68. The summed E-state index contributed by atoms with van der Waals surface area (Å²) in [5.41, 5.74) is 7.99. The van der Waals surface area contributed by atoms with Gasteiger partial charge in [0.1, 0.15) is 5.82 Å². The van der Waals surface area contributed by atoms with Crippen molar-refractivity contribution in [2.45, 2.75) is 19.3 Å². The number of aromatic nitrogens is 1. The summed E-state index contributed by atoms with van der Waals surface area (Å²) in [5.74, 6) is 0.883. The molecule has 0 bridgehead atoms. The summed E-state index contributed by atoms with van der Waals surface area (Å²) in [7, 11) is 0. The molecule has 0 aliphatic carbocycles. The van der Waals surface area contributed by atoms with Crippen LogP contribution in [0, 0.1) is 0 Å². The molecule has 3 nitrogen and oxygen atoms in total. The normalized spacial score (nSPS) is 11.5. The number of hydrogen-bond acceptors (Lipinski definition) is 3. The Hall–Kier alpha value is -2.55. The van der Waals surface area contributed by atoms with Crippen LogP contribution in [0.3, 0.4) is 0 Å². The Morgan fingerprint density at radius 1 is 1.05 bits per heavy atom. The Morgan fingerprint density at radius 3 is 2.59 bits per heavy atom. The third-order valence-corrected chi connectivity index (χ3v) is 4.04. The molecular formula is C19H21N3. The van der Waals surface area contributed by atoms with Gasteiger partial charge in [0.05, 0.1) is 0 Å². The molecule has 0 aliphatic rings. The van der Waals surface area contributed by atoms with E-state index in [0.29, 0.717) is 0 Å². The molecule has 0 saturated heterocycles. The Labute approximate surface area is 131 Å². The molecule has 112 valence electrons. The van der Waals surface area contributed by atoms with Gasteiger partial charge in [0, 0.05) is 29.2 Å². The van der Waals surface area contributed by atoms with Crippen LogP contribution < -0.4 is 11.1 Å². The largest absolute Gasteiger partial charge is 0.399 e. The fourth-order valence-corrected chi connectivity index (χ4v) is 2.62. The summed E-state index contributed by atoms with van der Waals surface area (Å²) in [6, 6.07) is 18.4. The lowest BCUT2D eigenvalue weighted by atomic mass is 9.84. The lowest BCUT2D eigenvalue weighted by Crippen LogP contribution is -2.27. The van der Waals surface area contributed by atoms with Crippen LogP contribution in [0.2, 0.25) is 0 Å². The predicted octanol–water partition coefficient (Wildman–Crippen LogP) is 4.21. The molecule has 0 fully saturated rings. The Kier molecular flexibility index (Phi) is 3.72. The molecule has 0 aliphatic heterocycles. The van der Waals surface area contributed by atoms with E-state index < -0.39 is 0 Å². The quantitative estimate of drug-likeness (QED) is 0.708. The highest BCUT2D eigenvalue weighted by atomic mass is 15.0. The first kappa shape index (κ1) is 14.4. The molecule has 3 N–H and O–H groups in total. The molecule has 0 radical (unpaired) electrons. The van der Waals surface area contributed by atoms with Gasteiger partial charge in [0.15, 0.2) is 0 Å². The number of anilines is 2. The number of rotatable bonds is 4. The number of fused-ring (bicyclic) bond motifs is 1. The number of hydrogen-bond donors (Lipinski definition) is 2. The molecule has 0 atom stereocenters. The Morgan fingerprint density at radius 2 is 1.82 bits per heavy atom. The number of pyridine rings is 1. The third kappa shape index (κ3) is 2.89. The maximum absolute atomic E-state index is 5.91. The zero-order valence-electron chi connectivity index (χ0n) is 13.0. The molecule has 3 heteroatoms. The van der Waals surface area contributed by atoms with Gasteiger partial charge < -0.3 is 11.1 Å². The minimum absolute atomic E-state index is 0.0193. The highest BCUT2D eigenvalue weighted by molar-refractivity contribution is 5.93. The van der Waals surface area contributed by atoms with Crippen molar-refractivity contribution in [1.29, 1.82) is 0 Å². The van der Waals surface area contributed by atoms with Crippen molar-refractivity contribution >= 4 is 22.3 Å². The van der Waals surface area contributed by atoms with Crippen molar-refractivity contribution in [3.8, 4) is 0 Å². The van der Waals surface area contributed by atoms with Gasteiger partial charge in [-0.15, -0.1) is 0 Å². The first-order chi connectivity index (χ1) is 10.6. The van der Waals surface area contributed by atoms with E-state index in [-0.39, 0.29) is 5.41 Å². The maximum atomic E-state index is 5.91. The van der Waals surface area contributed by atoms with Crippen LogP contribution in [0.25, 0.3) is 10.8 Å². The zero-order chi connectivity index (χ0) is 15.6. The van der Waals surface area contributed by atoms with Crippen molar-refractivity contribution in [2.24, 2.45) is 0 Å². The monoisotopic (exact) mass is 291 g/mol. The Bertz CT molecular complexity index is 779. The maximum Gasteiger partial charge on any atom is 0.133 e. The number of nitrogens with zero attached hydrogens (tertiary/aromatic N) is 1. The van der Waals surface area contributed by atoms with Gasteiger partial charge in [-0.2, -0.15) is 0 Å². The summed E-state index contributed by atoms with van der Waals surface area (Å²) >= 11 is 0. The van der Waals surface area contributed by atoms with Crippen LogP contribution in [0.4, 0.5) is 11.5 Å². The fraction of sp³-hybridized carbons (Fsp3) is 0.211. The number of nitrogens with one attached hydrogen (secondary N) is 1. The lowest BCUT2D eigenvalue weighted by molar-refractivity contribution is 0.556. The highest BCUT2D eigenvalue weighted by Crippen LogP contribution is 2.27. The number of nitrogens with two attached hydrogens (primary N) is 1. The topological polar surface area (TPSA) is 50.9 Å². The van der Waals surface area contributed by atoms with Crippen molar-refractivity contribution in [3.05, 3.63) is 66.4 Å². The van der Waals surface area contributed by atoms with E-state index in [2.05, 4.69) is 48.4 Å². The summed E-state index contributed by atoms with van der Waals surface area (Å²) in [4.78, 5) is 4.48. The SMILES string of the molecule is CC(C)(CNc1nccc2ccc(N)cc12)c1ccccc1. The molecule has 0 spiro atoms. The summed E-state index contributed by atoms with van der Waals surface area (Å²) in [6.07, 6.45) is 1.83. The van der Waals surface area contributed by atoms with E-state index in [1.807, 2.05) is 36.5 Å². The van der Waals surface area contributed by atoms with Crippen molar-refractivity contribution in [2.75, 3.05) is 17.6 Å². The van der Waals surface area contributed by atoms with Crippen LogP contribution in [0.1, 0.15) is 19.4 Å². The standard InChI is InChI=1S/C19H21N3/c1-19(2,15-6-4-3-5-7-15)13-22-18-17-12-16(20)9-8-14(17)10-11-21-18/h3-12H,13,20H2,1-2H3,(H,21,22). The van der Waals surface area contributed by atoms with Crippen LogP contribution in [0.15, 0.2) is 60.8 Å². The minimum Gasteiger partial charge on any atom is -0.399 e. The van der Waals surface area contributed by atoms with Gasteiger partial charge in [-0.1, -0.05) is 50.2 Å². The van der Waals surface area contributed by atoms with E-state index in [1.165, 1.54) is 5.56 Å². The zero-order valence-corrected chi connectivity index (χ0v) is 13.0. The van der Waals surface area contributed by atoms with Gasteiger partial charge in [0.25, 0.3) is 0 Å². The Balaban J connectivity index is 1.86. The fourth-order valence-electron chi connectivity index (χ4n) is 2.62. The summed E-state index contributed by atoms with van der Waals surface area (Å²) in [5, 5.41) is 5.69. The van der Waals surface area contributed by atoms with E-state index in [4.69, 9.17) is 5.73 Å². The molecule has 3 aromatic rings. The minimum atomic E-state index is 0.0193. The van der Waals surface area contributed by atoms with Crippen molar-refractivity contribution in [1.82, 2.24) is 4.98 Å². The van der Waals surface area contributed by atoms with Gasteiger partial charge in [-0.05, 0) is 29.1 Å². The first-order valence-corrected chi connectivity index (χ1v) is 7.50. The van der Waals surface area contributed by atoms with Gasteiger partial charge >= 0.3 is 0 Å². The van der Waals surface area contributed by atoms with E-state index in [1.54, 1.807) is 0 Å². The molecule has 1 aromatic heterocycles. The van der Waals surface area contributed by atoms with Gasteiger partial charge in [0.2, 0.25) is 0 Å². The molecule has 2 aromatic carbocycles. The summed E-state index contributed by atoms with van der Waals surface area (Å²) in [6.45, 7) is 5.27. The lowest BCUT2D eigenvalue weighted by Gasteiger charge is -2.26. The highest BCUT2D eigenvalue weighted by Gasteiger charge is 2.20. The third-order valence-electron chi connectivity index (χ3n) is 4.04. The first-order valence-electron chi connectivity index (χ1n) is 7.50. The molecule has 3 rings (SSSR count). The number of benzene rings is 2. The van der Waals surface area contributed by atoms with E-state index in [0.717, 1.165) is 28.8 Å². The van der Waals surface area contributed by atoms with Crippen molar-refractivity contribution in [3.63, 3.8) is 0 Å². The predicted molar refractivity (Wildman–Crippen MR) is 94.1 cm³/mol. The van der Waals surface area contributed by atoms with Gasteiger partial charge in [-0.25, -0.2) is 4.98 Å². The van der Waals surface area contributed by atoms with Crippen LogP contribution in [0.5, 0.6) is 0 Å². The molecule has 0 amide bonds. The second-order valence-electron chi connectivity index (χ2n) is 6.24. The molecular weight excluding hydrogens is 270 g/mol. The smallest absolute Gasteiger partial charge is 0.133 e. The van der Waals surface area contributed by atoms with Crippen LogP contribution in [-0.2, 0) is 5.41 Å². The van der Waals surface area contributed by atoms with Crippen molar-refractivity contribution < 1.29 is 0 Å². The number of nitrogen functional groups attached to an aromatic ring is 1. The molecule has 22 heavy (non-hydrogen) atoms. The average molecular weight is 291 g/mol. The molecule has 1 heterocycles. The van der Waals surface area contributed by atoms with Crippen LogP contribution in [-0.4, -0.2) is 11.5 Å². The van der Waals surface area contributed by atoms with E-state index in [9.17, 15) is 0 Å². The molecule has 0 saturated carbocycles. The van der Waals surface area contributed by atoms with Gasteiger partial charge in [-0.3, -0.25) is 0 Å². The average Bonchev–Trinajstić information content (AvgIpc) is 2.54. The summed E-state index contributed by atoms with van der Waals surface area (Å²) < 4.78 is 0.